The standard InChI is InChI=1S/C15H19F3N2O4S/c1-2-19-13(21)14(9-3-4-10-14)20-25(22,23)12-7-5-11(6-8-12)24-15(16,17)18/h5-8,20H,2-4,9-10H2,1H3,(H,19,21). The number of sulfonamides is 1. The van der Waals surface area contributed by atoms with Crippen molar-refractivity contribution < 1.29 is 31.1 Å². The maximum atomic E-state index is 12.5. The summed E-state index contributed by atoms with van der Waals surface area (Å²) in [5.74, 6) is -0.918. The summed E-state index contributed by atoms with van der Waals surface area (Å²) in [4.78, 5) is 12.1. The first-order valence-electron chi connectivity index (χ1n) is 7.76. The largest absolute Gasteiger partial charge is 0.573 e. The van der Waals surface area contributed by atoms with E-state index >= 15 is 0 Å². The van der Waals surface area contributed by atoms with Crippen LogP contribution in [0, 0.1) is 0 Å². The molecule has 0 radical (unpaired) electrons. The highest BCUT2D eigenvalue weighted by Crippen LogP contribution is 2.32. The van der Waals surface area contributed by atoms with Crippen LogP contribution in [0.1, 0.15) is 32.6 Å². The van der Waals surface area contributed by atoms with Gasteiger partial charge in [0.2, 0.25) is 15.9 Å². The van der Waals surface area contributed by atoms with E-state index in [1.165, 1.54) is 0 Å². The van der Waals surface area contributed by atoms with E-state index in [-0.39, 0.29) is 4.90 Å². The maximum absolute atomic E-state index is 12.5. The Morgan fingerprint density at radius 1 is 1.20 bits per heavy atom. The molecule has 1 aliphatic rings. The van der Waals surface area contributed by atoms with E-state index in [1.54, 1.807) is 6.92 Å². The van der Waals surface area contributed by atoms with Crippen molar-refractivity contribution in [2.75, 3.05) is 6.54 Å². The third-order valence-electron chi connectivity index (χ3n) is 3.93. The second-order valence-electron chi connectivity index (χ2n) is 5.77. The molecule has 0 heterocycles. The van der Waals surface area contributed by atoms with E-state index in [0.717, 1.165) is 24.3 Å². The number of nitrogens with one attached hydrogen (secondary N) is 2. The van der Waals surface area contributed by atoms with Crippen molar-refractivity contribution in [2.45, 2.75) is 49.4 Å². The van der Waals surface area contributed by atoms with Crippen LogP contribution in [0.2, 0.25) is 0 Å². The Bertz CT molecular complexity index is 711. The molecule has 0 spiro atoms. The molecule has 2 N–H and O–H groups in total. The third kappa shape index (κ3) is 4.85. The number of hydrogen-bond donors (Lipinski definition) is 2. The molecule has 1 aromatic carbocycles. The van der Waals surface area contributed by atoms with Crippen molar-refractivity contribution in [3.05, 3.63) is 24.3 Å². The second kappa shape index (κ2) is 7.20. The summed E-state index contributed by atoms with van der Waals surface area (Å²) in [6.07, 6.45) is -2.71. The summed E-state index contributed by atoms with van der Waals surface area (Å²) >= 11 is 0. The fourth-order valence-corrected chi connectivity index (χ4v) is 4.24. The van der Waals surface area contributed by atoms with Crippen LogP contribution in [0.15, 0.2) is 29.2 Å². The van der Waals surface area contributed by atoms with E-state index in [0.29, 0.717) is 32.2 Å². The van der Waals surface area contributed by atoms with Crippen molar-refractivity contribution in [1.82, 2.24) is 10.0 Å². The van der Waals surface area contributed by atoms with Gasteiger partial charge in [-0.25, -0.2) is 8.42 Å². The smallest absolute Gasteiger partial charge is 0.406 e. The molecule has 0 bridgehead atoms. The zero-order chi connectivity index (χ0) is 18.7. The zero-order valence-electron chi connectivity index (χ0n) is 13.5. The molecule has 10 heteroatoms. The summed E-state index contributed by atoms with van der Waals surface area (Å²) in [5, 5.41) is 2.63. The minimum Gasteiger partial charge on any atom is -0.406 e. The lowest BCUT2D eigenvalue weighted by molar-refractivity contribution is -0.274. The summed E-state index contributed by atoms with van der Waals surface area (Å²) in [6.45, 7) is 2.10. The van der Waals surface area contributed by atoms with Crippen LogP contribution in [0.25, 0.3) is 0 Å². The number of amides is 1. The fourth-order valence-electron chi connectivity index (χ4n) is 2.82. The molecule has 1 fully saturated rings. The Kier molecular flexibility index (Phi) is 5.62. The number of alkyl halides is 3. The first-order valence-corrected chi connectivity index (χ1v) is 9.24. The molecule has 0 atom stereocenters. The first-order chi connectivity index (χ1) is 11.6. The molecule has 6 nitrogen and oxygen atoms in total. The number of carbonyl (C=O) groups is 1. The molecule has 140 valence electrons. The molecule has 0 aliphatic heterocycles. The van der Waals surface area contributed by atoms with Crippen LogP contribution >= 0.6 is 0 Å². The summed E-state index contributed by atoms with van der Waals surface area (Å²) in [5.41, 5.74) is -1.23. The van der Waals surface area contributed by atoms with E-state index in [1.807, 2.05) is 0 Å². The summed E-state index contributed by atoms with van der Waals surface area (Å²) in [6, 6.07) is 3.83. The molecular weight excluding hydrogens is 361 g/mol. The molecule has 1 amide bonds. The van der Waals surface area contributed by atoms with Gasteiger partial charge in [-0.15, -0.1) is 13.2 Å². The van der Waals surface area contributed by atoms with Gasteiger partial charge in [-0.2, -0.15) is 4.72 Å². The predicted molar refractivity (Wildman–Crippen MR) is 83.3 cm³/mol. The van der Waals surface area contributed by atoms with Gasteiger partial charge in [-0.1, -0.05) is 12.8 Å². The second-order valence-corrected chi connectivity index (χ2v) is 7.46. The van der Waals surface area contributed by atoms with Crippen molar-refractivity contribution in [1.29, 1.82) is 0 Å². The normalized spacial score (nSPS) is 17.3. The van der Waals surface area contributed by atoms with Gasteiger partial charge in [0.05, 0.1) is 4.90 Å². The predicted octanol–water partition coefficient (Wildman–Crippen LogP) is 2.31. The van der Waals surface area contributed by atoms with E-state index < -0.39 is 33.6 Å². The third-order valence-corrected chi connectivity index (χ3v) is 5.48. The number of carbonyl (C=O) groups excluding carboxylic acids is 1. The Balaban J connectivity index is 2.21. The van der Waals surface area contributed by atoms with Crippen molar-refractivity contribution in [3.8, 4) is 5.75 Å². The van der Waals surface area contributed by atoms with Gasteiger partial charge in [0.15, 0.2) is 0 Å². The Morgan fingerprint density at radius 3 is 2.24 bits per heavy atom. The number of benzene rings is 1. The minimum absolute atomic E-state index is 0.238. The molecule has 0 saturated heterocycles. The van der Waals surface area contributed by atoms with Crippen LogP contribution < -0.4 is 14.8 Å². The van der Waals surface area contributed by atoms with Crippen LogP contribution in [-0.2, 0) is 14.8 Å². The van der Waals surface area contributed by atoms with Gasteiger partial charge in [-0.05, 0) is 44.0 Å². The Labute approximate surface area is 143 Å². The van der Waals surface area contributed by atoms with Gasteiger partial charge >= 0.3 is 6.36 Å². The highest BCUT2D eigenvalue weighted by atomic mass is 32.2. The minimum atomic E-state index is -4.86. The highest BCUT2D eigenvalue weighted by molar-refractivity contribution is 7.89. The summed E-state index contributed by atoms with van der Waals surface area (Å²) in [7, 11) is -4.07. The monoisotopic (exact) mass is 380 g/mol. The molecule has 25 heavy (non-hydrogen) atoms. The lowest BCUT2D eigenvalue weighted by atomic mass is 9.98. The molecule has 1 aromatic rings. The molecule has 1 saturated carbocycles. The maximum Gasteiger partial charge on any atom is 0.573 e. The molecule has 1 aliphatic carbocycles. The Hall–Kier alpha value is -1.81. The molecular formula is C15H19F3N2O4S. The van der Waals surface area contributed by atoms with Gasteiger partial charge in [0.1, 0.15) is 11.3 Å². The lowest BCUT2D eigenvalue weighted by Gasteiger charge is -2.28. The van der Waals surface area contributed by atoms with Crippen LogP contribution in [0.3, 0.4) is 0 Å². The number of hydrogen-bond acceptors (Lipinski definition) is 4. The van der Waals surface area contributed by atoms with Crippen molar-refractivity contribution in [2.24, 2.45) is 0 Å². The number of likely N-dealkylation sites (N-methyl/N-ethyl adjacent to an activating group) is 1. The van der Waals surface area contributed by atoms with Gasteiger partial charge in [0, 0.05) is 6.54 Å². The average Bonchev–Trinajstić information content (AvgIpc) is 2.95. The number of rotatable bonds is 6. The molecule has 2 rings (SSSR count). The fraction of sp³-hybridized carbons (Fsp3) is 0.533. The van der Waals surface area contributed by atoms with Crippen molar-refractivity contribution in [3.63, 3.8) is 0 Å². The van der Waals surface area contributed by atoms with Gasteiger partial charge in [0.25, 0.3) is 0 Å². The van der Waals surface area contributed by atoms with Crippen LogP contribution in [0.4, 0.5) is 13.2 Å². The van der Waals surface area contributed by atoms with E-state index in [4.69, 9.17) is 0 Å². The van der Waals surface area contributed by atoms with Crippen LogP contribution in [-0.4, -0.2) is 32.8 Å². The molecule has 0 aromatic heterocycles. The average molecular weight is 380 g/mol. The number of halogens is 3. The lowest BCUT2D eigenvalue weighted by Crippen LogP contribution is -2.56. The van der Waals surface area contributed by atoms with E-state index in [2.05, 4.69) is 14.8 Å². The SMILES string of the molecule is CCNC(=O)C1(NS(=O)(=O)c2ccc(OC(F)(F)F)cc2)CCCC1. The number of ether oxygens (including phenoxy) is 1. The van der Waals surface area contributed by atoms with Gasteiger partial charge < -0.3 is 10.1 Å². The zero-order valence-corrected chi connectivity index (χ0v) is 14.3. The topological polar surface area (TPSA) is 84.5 Å². The highest BCUT2D eigenvalue weighted by Gasteiger charge is 2.44. The molecule has 0 unspecified atom stereocenters. The van der Waals surface area contributed by atoms with Gasteiger partial charge in [-0.3, -0.25) is 4.79 Å². The quantitative estimate of drug-likeness (QED) is 0.793. The first kappa shape index (κ1) is 19.5. The Morgan fingerprint density at radius 2 is 1.76 bits per heavy atom. The van der Waals surface area contributed by atoms with E-state index in [9.17, 15) is 26.4 Å². The van der Waals surface area contributed by atoms with Crippen LogP contribution in [0.5, 0.6) is 5.75 Å². The summed E-state index contributed by atoms with van der Waals surface area (Å²) < 4.78 is 67.7. The van der Waals surface area contributed by atoms with Crippen molar-refractivity contribution >= 4 is 15.9 Å².